The van der Waals surface area contributed by atoms with E-state index in [2.05, 4.69) is 10.3 Å². The van der Waals surface area contributed by atoms with Crippen LogP contribution >= 0.6 is 0 Å². The van der Waals surface area contributed by atoms with Crippen LogP contribution < -0.4 is 10.1 Å². The SMILES string of the molecule is COc1cccc(-c2coc(NC3CCN(C(=O)O)CC3)n2)c1. The van der Waals surface area contributed by atoms with Crippen LogP contribution in [0.5, 0.6) is 5.75 Å². The number of aromatic nitrogens is 1. The van der Waals surface area contributed by atoms with Gasteiger partial charge in [-0.25, -0.2) is 4.79 Å². The van der Waals surface area contributed by atoms with Crippen molar-refractivity contribution in [1.82, 2.24) is 9.88 Å². The maximum atomic E-state index is 10.9. The first-order chi connectivity index (χ1) is 11.2. The zero-order chi connectivity index (χ0) is 16.2. The summed E-state index contributed by atoms with van der Waals surface area (Å²) in [7, 11) is 1.62. The number of hydrogen-bond acceptors (Lipinski definition) is 5. The van der Waals surface area contributed by atoms with Gasteiger partial charge in [-0.05, 0) is 25.0 Å². The summed E-state index contributed by atoms with van der Waals surface area (Å²) in [5, 5.41) is 12.2. The number of methoxy groups -OCH3 is 1. The Balaban J connectivity index is 1.62. The molecule has 0 aliphatic carbocycles. The Labute approximate surface area is 133 Å². The molecule has 2 N–H and O–H groups in total. The topological polar surface area (TPSA) is 87.8 Å². The van der Waals surface area contributed by atoms with E-state index in [9.17, 15) is 4.79 Å². The largest absolute Gasteiger partial charge is 0.497 e. The number of benzene rings is 1. The van der Waals surface area contributed by atoms with E-state index in [1.54, 1.807) is 13.4 Å². The number of anilines is 1. The summed E-state index contributed by atoms with van der Waals surface area (Å²) in [6.07, 6.45) is 2.22. The second kappa shape index (κ2) is 6.60. The van der Waals surface area contributed by atoms with Gasteiger partial charge >= 0.3 is 6.09 Å². The molecule has 2 heterocycles. The predicted molar refractivity (Wildman–Crippen MR) is 84.7 cm³/mol. The first kappa shape index (κ1) is 15.2. The van der Waals surface area contributed by atoms with E-state index in [1.165, 1.54) is 4.90 Å². The first-order valence-electron chi connectivity index (χ1n) is 7.50. The normalized spacial score (nSPS) is 15.4. The minimum absolute atomic E-state index is 0.169. The molecule has 7 heteroatoms. The highest BCUT2D eigenvalue weighted by molar-refractivity contribution is 5.65. The lowest BCUT2D eigenvalue weighted by atomic mass is 10.1. The molecule has 0 radical (unpaired) electrons. The van der Waals surface area contributed by atoms with Crippen molar-refractivity contribution in [3.05, 3.63) is 30.5 Å². The maximum Gasteiger partial charge on any atom is 0.407 e. The lowest BCUT2D eigenvalue weighted by Crippen LogP contribution is -2.41. The Morgan fingerprint density at radius 2 is 2.22 bits per heavy atom. The molecule has 0 saturated carbocycles. The molecule has 122 valence electrons. The first-order valence-corrected chi connectivity index (χ1v) is 7.50. The summed E-state index contributed by atoms with van der Waals surface area (Å²) in [4.78, 5) is 16.8. The Hall–Kier alpha value is -2.70. The minimum Gasteiger partial charge on any atom is -0.497 e. The number of nitrogens with one attached hydrogen (secondary N) is 1. The van der Waals surface area contributed by atoms with Crippen LogP contribution in [-0.2, 0) is 0 Å². The molecule has 2 aromatic rings. The third kappa shape index (κ3) is 3.56. The van der Waals surface area contributed by atoms with Gasteiger partial charge in [0.05, 0.1) is 7.11 Å². The molecule has 1 aliphatic heterocycles. The summed E-state index contributed by atoms with van der Waals surface area (Å²) >= 11 is 0. The lowest BCUT2D eigenvalue weighted by Gasteiger charge is -2.29. The van der Waals surface area contributed by atoms with Gasteiger partial charge in [-0.2, -0.15) is 4.98 Å². The van der Waals surface area contributed by atoms with Crippen LogP contribution in [0.15, 0.2) is 34.9 Å². The molecule has 1 amide bonds. The second-order valence-corrected chi connectivity index (χ2v) is 5.46. The average Bonchev–Trinajstić information content (AvgIpc) is 3.04. The zero-order valence-electron chi connectivity index (χ0n) is 12.9. The third-order valence-corrected chi connectivity index (χ3v) is 3.96. The van der Waals surface area contributed by atoms with Crippen LogP contribution in [0.4, 0.5) is 10.8 Å². The summed E-state index contributed by atoms with van der Waals surface area (Å²) in [5.74, 6) is 0.765. The van der Waals surface area contributed by atoms with Crippen molar-refractivity contribution < 1.29 is 19.1 Å². The maximum absolute atomic E-state index is 10.9. The van der Waals surface area contributed by atoms with E-state index < -0.39 is 6.09 Å². The third-order valence-electron chi connectivity index (χ3n) is 3.96. The van der Waals surface area contributed by atoms with Gasteiger partial charge in [0, 0.05) is 24.7 Å². The summed E-state index contributed by atoms with van der Waals surface area (Å²) < 4.78 is 10.7. The van der Waals surface area contributed by atoms with E-state index >= 15 is 0 Å². The number of rotatable bonds is 4. The number of ether oxygens (including phenoxy) is 1. The number of carbonyl (C=O) groups is 1. The molecule has 0 atom stereocenters. The van der Waals surface area contributed by atoms with Crippen LogP contribution in [0.1, 0.15) is 12.8 Å². The molecular formula is C16H19N3O4. The Kier molecular flexibility index (Phi) is 4.36. The number of nitrogens with zero attached hydrogens (tertiary/aromatic N) is 2. The molecule has 1 fully saturated rings. The molecule has 0 unspecified atom stereocenters. The van der Waals surface area contributed by atoms with Gasteiger partial charge < -0.3 is 24.5 Å². The molecule has 0 bridgehead atoms. The standard InChI is InChI=1S/C16H19N3O4/c1-22-13-4-2-3-11(9-13)14-10-23-15(18-14)17-12-5-7-19(8-6-12)16(20)21/h2-4,9-10,12H,5-8H2,1H3,(H,17,18)(H,20,21). The molecule has 7 nitrogen and oxygen atoms in total. The van der Waals surface area contributed by atoms with Gasteiger partial charge in [0.1, 0.15) is 17.7 Å². The molecule has 0 spiro atoms. The van der Waals surface area contributed by atoms with E-state index in [0.29, 0.717) is 19.1 Å². The van der Waals surface area contributed by atoms with Crippen LogP contribution in [0.3, 0.4) is 0 Å². The Morgan fingerprint density at radius 1 is 1.43 bits per heavy atom. The van der Waals surface area contributed by atoms with E-state index in [4.69, 9.17) is 14.3 Å². The zero-order valence-corrected chi connectivity index (χ0v) is 12.9. The minimum atomic E-state index is -0.861. The molecule has 3 rings (SSSR count). The second-order valence-electron chi connectivity index (χ2n) is 5.46. The van der Waals surface area contributed by atoms with Gasteiger partial charge in [-0.1, -0.05) is 12.1 Å². The van der Waals surface area contributed by atoms with Crippen LogP contribution in [-0.4, -0.2) is 47.3 Å². The van der Waals surface area contributed by atoms with Crippen molar-refractivity contribution in [2.45, 2.75) is 18.9 Å². The van der Waals surface area contributed by atoms with Crippen molar-refractivity contribution in [3.8, 4) is 17.0 Å². The molecular weight excluding hydrogens is 298 g/mol. The predicted octanol–water partition coefficient (Wildman–Crippen LogP) is 2.90. The van der Waals surface area contributed by atoms with Gasteiger partial charge in [0.15, 0.2) is 0 Å². The monoisotopic (exact) mass is 317 g/mol. The highest BCUT2D eigenvalue weighted by Crippen LogP contribution is 2.25. The van der Waals surface area contributed by atoms with Crippen molar-refractivity contribution in [1.29, 1.82) is 0 Å². The summed E-state index contributed by atoms with van der Waals surface area (Å²) in [6, 6.07) is 8.23. The van der Waals surface area contributed by atoms with Gasteiger partial charge in [0.25, 0.3) is 6.01 Å². The number of piperidine rings is 1. The van der Waals surface area contributed by atoms with Gasteiger partial charge in [-0.3, -0.25) is 0 Å². The summed E-state index contributed by atoms with van der Waals surface area (Å²) in [5.41, 5.74) is 1.65. The van der Waals surface area contributed by atoms with Crippen LogP contribution in [0, 0.1) is 0 Å². The number of carboxylic acid groups (broad SMARTS) is 1. The Bertz CT molecular complexity index is 677. The molecule has 1 aromatic carbocycles. The van der Waals surface area contributed by atoms with Crippen LogP contribution in [0.25, 0.3) is 11.3 Å². The van der Waals surface area contributed by atoms with Crippen molar-refractivity contribution in [2.24, 2.45) is 0 Å². The average molecular weight is 317 g/mol. The number of likely N-dealkylation sites (tertiary alicyclic amines) is 1. The summed E-state index contributed by atoms with van der Waals surface area (Å²) in [6.45, 7) is 1.05. The lowest BCUT2D eigenvalue weighted by molar-refractivity contribution is 0.133. The quantitative estimate of drug-likeness (QED) is 0.901. The highest BCUT2D eigenvalue weighted by atomic mass is 16.5. The van der Waals surface area contributed by atoms with Crippen molar-refractivity contribution in [2.75, 3.05) is 25.5 Å². The van der Waals surface area contributed by atoms with Crippen molar-refractivity contribution in [3.63, 3.8) is 0 Å². The fraction of sp³-hybridized carbons (Fsp3) is 0.375. The van der Waals surface area contributed by atoms with E-state index in [-0.39, 0.29) is 6.04 Å². The van der Waals surface area contributed by atoms with E-state index in [0.717, 1.165) is 29.8 Å². The molecule has 1 aromatic heterocycles. The molecule has 1 saturated heterocycles. The van der Waals surface area contributed by atoms with Crippen LogP contribution in [0.2, 0.25) is 0 Å². The molecule has 1 aliphatic rings. The fourth-order valence-electron chi connectivity index (χ4n) is 2.64. The van der Waals surface area contributed by atoms with Gasteiger partial charge in [0.2, 0.25) is 0 Å². The smallest absolute Gasteiger partial charge is 0.407 e. The highest BCUT2D eigenvalue weighted by Gasteiger charge is 2.23. The molecule has 23 heavy (non-hydrogen) atoms. The van der Waals surface area contributed by atoms with Crippen molar-refractivity contribution >= 4 is 12.1 Å². The van der Waals surface area contributed by atoms with Gasteiger partial charge in [-0.15, -0.1) is 0 Å². The Morgan fingerprint density at radius 3 is 2.91 bits per heavy atom. The van der Waals surface area contributed by atoms with E-state index in [1.807, 2.05) is 24.3 Å². The fourth-order valence-corrected chi connectivity index (χ4v) is 2.64. The number of hydrogen-bond donors (Lipinski definition) is 2. The number of oxazole rings is 1. The number of amides is 1.